The third kappa shape index (κ3) is 4.87. The van der Waals surface area contributed by atoms with E-state index < -0.39 is 10.9 Å². The molecule has 0 radical (unpaired) electrons. The highest BCUT2D eigenvalue weighted by Crippen LogP contribution is 1.66. The Hall–Kier alpha value is -1.13. The van der Waals surface area contributed by atoms with Crippen LogP contribution in [0.3, 0.4) is 0 Å². The van der Waals surface area contributed by atoms with Crippen LogP contribution in [0.25, 0.3) is 0 Å². The standard InChI is InChI=1S/C2H4N2O3/c1-2(5)3-4(6)7/h1H3,(H,3,5)/p-1. The lowest BCUT2D eigenvalue weighted by Crippen LogP contribution is -2.13. The van der Waals surface area contributed by atoms with E-state index in [4.69, 9.17) is 0 Å². The van der Waals surface area contributed by atoms with Crippen LogP contribution in [0.15, 0.2) is 5.10 Å². The number of rotatable bonds is 1. The zero-order chi connectivity index (χ0) is 5.86. The van der Waals surface area contributed by atoms with E-state index in [-0.39, 0.29) is 0 Å². The van der Waals surface area contributed by atoms with E-state index >= 15 is 0 Å². The molecule has 0 bridgehead atoms. The molecule has 5 heteroatoms. The first-order chi connectivity index (χ1) is 3.13. The van der Waals surface area contributed by atoms with Crippen molar-refractivity contribution in [3.8, 4) is 0 Å². The van der Waals surface area contributed by atoms with Gasteiger partial charge in [-0.15, -0.1) is 0 Å². The van der Waals surface area contributed by atoms with Crippen LogP contribution < -0.4 is 5.11 Å². The fourth-order valence-electron chi connectivity index (χ4n) is 0.115. The van der Waals surface area contributed by atoms with E-state index in [1.54, 1.807) is 0 Å². The van der Waals surface area contributed by atoms with Crippen LogP contribution in [0.2, 0.25) is 0 Å². The van der Waals surface area contributed by atoms with Crippen molar-refractivity contribution in [3.05, 3.63) is 10.1 Å². The summed E-state index contributed by atoms with van der Waals surface area (Å²) in [6.45, 7) is 1.02. The Morgan fingerprint density at radius 1 is 1.86 bits per heavy atom. The molecule has 0 saturated carbocycles. The second-order valence-electron chi connectivity index (χ2n) is 0.857. The predicted molar refractivity (Wildman–Crippen MR) is 20.1 cm³/mol. The Labute approximate surface area is 39.4 Å². The summed E-state index contributed by atoms with van der Waals surface area (Å²) < 4.78 is 0. The highest BCUT2D eigenvalue weighted by atomic mass is 16.7. The van der Waals surface area contributed by atoms with E-state index in [2.05, 4.69) is 5.10 Å². The smallest absolute Gasteiger partial charge is 0.189 e. The van der Waals surface area contributed by atoms with Crippen molar-refractivity contribution in [2.45, 2.75) is 6.92 Å². The van der Waals surface area contributed by atoms with Crippen LogP contribution in [0.1, 0.15) is 6.92 Å². The van der Waals surface area contributed by atoms with Crippen LogP contribution in [0.4, 0.5) is 0 Å². The third-order valence-corrected chi connectivity index (χ3v) is 0.222. The Kier molecular flexibility index (Phi) is 1.78. The number of nitro groups is 1. The molecule has 0 fully saturated rings. The molecule has 0 aliphatic rings. The fraction of sp³-hybridized carbons (Fsp3) is 0.500. The molecule has 0 amide bonds. The van der Waals surface area contributed by atoms with E-state index in [9.17, 15) is 15.2 Å². The van der Waals surface area contributed by atoms with Crippen molar-refractivity contribution in [3.63, 3.8) is 0 Å². The maximum absolute atomic E-state index is 9.65. The van der Waals surface area contributed by atoms with Gasteiger partial charge in [0.1, 0.15) is 0 Å². The van der Waals surface area contributed by atoms with Crippen molar-refractivity contribution >= 4 is 5.90 Å². The van der Waals surface area contributed by atoms with E-state index in [0.717, 1.165) is 6.92 Å². The van der Waals surface area contributed by atoms with E-state index in [1.165, 1.54) is 0 Å². The molecule has 0 aliphatic carbocycles. The van der Waals surface area contributed by atoms with Gasteiger partial charge in [0.2, 0.25) is 0 Å². The summed E-state index contributed by atoms with van der Waals surface area (Å²) in [4.78, 5) is 9.23. The molecule has 0 aromatic heterocycles. The van der Waals surface area contributed by atoms with Gasteiger partial charge in [-0.25, -0.2) is 10.1 Å². The lowest BCUT2D eigenvalue weighted by molar-refractivity contribution is -0.491. The predicted octanol–water partition coefficient (Wildman–Crippen LogP) is -1.04. The summed E-state index contributed by atoms with van der Waals surface area (Å²) in [6.07, 6.45) is 0. The first kappa shape index (κ1) is 5.87. The van der Waals surface area contributed by atoms with Gasteiger partial charge in [-0.1, -0.05) is 0 Å². The van der Waals surface area contributed by atoms with Crippen LogP contribution in [0, 0.1) is 10.1 Å². The molecular weight excluding hydrogens is 100 g/mol. The molecule has 5 nitrogen and oxygen atoms in total. The van der Waals surface area contributed by atoms with Crippen LogP contribution in [-0.2, 0) is 0 Å². The topological polar surface area (TPSA) is 78.6 Å². The molecule has 0 saturated heterocycles. The van der Waals surface area contributed by atoms with E-state index in [1.807, 2.05) is 0 Å². The molecule has 0 unspecified atom stereocenters. The van der Waals surface area contributed by atoms with Gasteiger partial charge < -0.3 is 5.11 Å². The molecule has 0 spiro atoms. The zero-order valence-electron chi connectivity index (χ0n) is 3.62. The molecule has 0 rings (SSSR count). The van der Waals surface area contributed by atoms with Gasteiger partial charge in [-0.05, 0) is 6.92 Å². The largest absolute Gasteiger partial charge is 0.858 e. The Morgan fingerprint density at radius 3 is 2.29 bits per heavy atom. The lowest BCUT2D eigenvalue weighted by Gasteiger charge is -1.90. The van der Waals surface area contributed by atoms with Crippen molar-refractivity contribution in [2.24, 2.45) is 5.10 Å². The van der Waals surface area contributed by atoms with Gasteiger partial charge in [0, 0.05) is 11.0 Å². The zero-order valence-corrected chi connectivity index (χ0v) is 3.62. The Bertz CT molecular complexity index is 104. The number of hydrogen-bond donors (Lipinski definition) is 0. The van der Waals surface area contributed by atoms with Crippen molar-refractivity contribution in [1.29, 1.82) is 0 Å². The van der Waals surface area contributed by atoms with Crippen molar-refractivity contribution in [1.82, 2.24) is 0 Å². The summed E-state index contributed by atoms with van der Waals surface area (Å²) in [6, 6.07) is 0. The second kappa shape index (κ2) is 2.12. The first-order valence-electron chi connectivity index (χ1n) is 1.49. The number of hydrogen-bond acceptors (Lipinski definition) is 3. The molecular formula is C2H3N2O3-. The molecule has 0 aromatic rings. The Morgan fingerprint density at radius 2 is 2.29 bits per heavy atom. The second-order valence-corrected chi connectivity index (χ2v) is 0.857. The van der Waals surface area contributed by atoms with Gasteiger partial charge in [-0.2, -0.15) is 0 Å². The van der Waals surface area contributed by atoms with Crippen LogP contribution in [-0.4, -0.2) is 10.9 Å². The SMILES string of the molecule is C/C([O-])=N/[N+](=O)[O-]. The summed E-state index contributed by atoms with van der Waals surface area (Å²) in [7, 11) is 0. The maximum Gasteiger partial charge on any atom is 0.189 e. The monoisotopic (exact) mass is 103 g/mol. The lowest BCUT2D eigenvalue weighted by atomic mass is 10.8. The molecule has 7 heavy (non-hydrogen) atoms. The van der Waals surface area contributed by atoms with Gasteiger partial charge in [0.25, 0.3) is 0 Å². The quantitative estimate of drug-likeness (QED) is 0.184. The molecule has 0 heterocycles. The van der Waals surface area contributed by atoms with Gasteiger partial charge in [-0.3, -0.25) is 0 Å². The normalized spacial score (nSPS) is 11.3. The van der Waals surface area contributed by atoms with Gasteiger partial charge >= 0.3 is 0 Å². The summed E-state index contributed by atoms with van der Waals surface area (Å²) in [5.74, 6) is -0.787. The highest BCUT2D eigenvalue weighted by Gasteiger charge is 1.80. The summed E-state index contributed by atoms with van der Waals surface area (Å²) in [5, 5.41) is 20.2. The minimum absolute atomic E-state index is 0.787. The number of hydrazone groups is 1. The van der Waals surface area contributed by atoms with Crippen LogP contribution >= 0.6 is 0 Å². The highest BCUT2D eigenvalue weighted by molar-refractivity contribution is 5.67. The molecule has 0 N–H and O–H groups in total. The molecule has 40 valence electrons. The average molecular weight is 103 g/mol. The molecule has 0 aromatic carbocycles. The molecule has 0 atom stereocenters. The van der Waals surface area contributed by atoms with Crippen molar-refractivity contribution < 1.29 is 10.1 Å². The number of nitrogens with zero attached hydrogens (tertiary/aromatic N) is 2. The molecule has 0 aliphatic heterocycles. The summed E-state index contributed by atoms with van der Waals surface area (Å²) >= 11 is 0. The maximum atomic E-state index is 9.65. The van der Waals surface area contributed by atoms with E-state index in [0.29, 0.717) is 0 Å². The third-order valence-electron chi connectivity index (χ3n) is 0.222. The average Bonchev–Trinajstić information content (AvgIpc) is 1.27. The van der Waals surface area contributed by atoms with Gasteiger partial charge in [0.05, 0.1) is 0 Å². The fourth-order valence-corrected chi connectivity index (χ4v) is 0.115. The minimum Gasteiger partial charge on any atom is -0.858 e. The minimum atomic E-state index is -1.03. The first-order valence-corrected chi connectivity index (χ1v) is 1.49. The Balaban J connectivity index is 3.68. The van der Waals surface area contributed by atoms with Crippen molar-refractivity contribution in [2.75, 3.05) is 0 Å². The summed E-state index contributed by atoms with van der Waals surface area (Å²) in [5.41, 5.74) is 0. The van der Waals surface area contributed by atoms with Gasteiger partial charge in [0.15, 0.2) is 5.03 Å². The van der Waals surface area contributed by atoms with Crippen LogP contribution in [0.5, 0.6) is 0 Å².